The number of aromatic nitrogens is 1. The van der Waals surface area contributed by atoms with Gasteiger partial charge in [-0.1, -0.05) is 30.3 Å². The largest absolute Gasteiger partial charge is 0.493 e. The highest BCUT2D eigenvalue weighted by Crippen LogP contribution is 2.28. The zero-order valence-corrected chi connectivity index (χ0v) is 16.8. The average molecular weight is 402 g/mol. The van der Waals surface area contributed by atoms with Gasteiger partial charge in [-0.05, 0) is 42.8 Å². The van der Waals surface area contributed by atoms with Crippen molar-refractivity contribution in [1.82, 2.24) is 10.3 Å². The summed E-state index contributed by atoms with van der Waals surface area (Å²) in [6, 6.07) is 18.6. The van der Waals surface area contributed by atoms with Crippen molar-refractivity contribution in [3.05, 3.63) is 89.9 Å². The molecule has 1 atom stereocenters. The van der Waals surface area contributed by atoms with Crippen molar-refractivity contribution in [2.24, 2.45) is 0 Å². The number of furan rings is 1. The number of nitrogens with one attached hydrogen (secondary N) is 1. The molecule has 0 aliphatic rings. The van der Waals surface area contributed by atoms with Gasteiger partial charge >= 0.3 is 0 Å². The lowest BCUT2D eigenvalue weighted by molar-refractivity contribution is 0.0914. The SMILES string of the molecule is COc1cccc2cc(C(=O)NC(C)c3ccc(OCc4cccnc4)cc3)oc12. The summed E-state index contributed by atoms with van der Waals surface area (Å²) in [7, 11) is 1.57. The van der Waals surface area contributed by atoms with Crippen LogP contribution in [0.3, 0.4) is 0 Å². The summed E-state index contributed by atoms with van der Waals surface area (Å²) >= 11 is 0. The van der Waals surface area contributed by atoms with Crippen LogP contribution in [-0.4, -0.2) is 18.0 Å². The van der Waals surface area contributed by atoms with Crippen molar-refractivity contribution in [2.75, 3.05) is 7.11 Å². The van der Waals surface area contributed by atoms with Crippen LogP contribution in [0, 0.1) is 0 Å². The van der Waals surface area contributed by atoms with Gasteiger partial charge in [-0.2, -0.15) is 0 Å². The van der Waals surface area contributed by atoms with E-state index in [1.165, 1.54) is 0 Å². The van der Waals surface area contributed by atoms with Gasteiger partial charge in [0.2, 0.25) is 0 Å². The van der Waals surface area contributed by atoms with Gasteiger partial charge < -0.3 is 19.2 Å². The molecule has 30 heavy (non-hydrogen) atoms. The third kappa shape index (κ3) is 4.27. The smallest absolute Gasteiger partial charge is 0.287 e. The topological polar surface area (TPSA) is 73.6 Å². The molecule has 1 amide bonds. The van der Waals surface area contributed by atoms with Gasteiger partial charge in [0.25, 0.3) is 5.91 Å². The molecule has 0 radical (unpaired) electrons. The van der Waals surface area contributed by atoms with Crippen LogP contribution in [0.5, 0.6) is 11.5 Å². The van der Waals surface area contributed by atoms with Crippen LogP contribution >= 0.6 is 0 Å². The minimum Gasteiger partial charge on any atom is -0.493 e. The second-order valence-electron chi connectivity index (χ2n) is 6.90. The predicted octanol–water partition coefficient (Wildman–Crippen LogP) is 4.91. The molecular weight excluding hydrogens is 380 g/mol. The second kappa shape index (κ2) is 8.69. The lowest BCUT2D eigenvalue weighted by atomic mass is 10.1. The molecular formula is C24H22N2O4. The molecule has 2 aromatic carbocycles. The van der Waals surface area contributed by atoms with E-state index in [9.17, 15) is 4.79 Å². The van der Waals surface area contributed by atoms with E-state index in [0.29, 0.717) is 17.9 Å². The Morgan fingerprint density at radius 3 is 2.70 bits per heavy atom. The molecule has 0 fully saturated rings. The zero-order chi connectivity index (χ0) is 20.9. The first-order chi connectivity index (χ1) is 14.6. The molecule has 0 aliphatic heterocycles. The van der Waals surface area contributed by atoms with Crippen molar-refractivity contribution < 1.29 is 18.7 Å². The van der Waals surface area contributed by atoms with E-state index in [1.54, 1.807) is 31.6 Å². The van der Waals surface area contributed by atoms with Crippen LogP contribution in [0.2, 0.25) is 0 Å². The molecule has 152 valence electrons. The predicted molar refractivity (Wildman–Crippen MR) is 114 cm³/mol. The van der Waals surface area contributed by atoms with E-state index >= 15 is 0 Å². The minimum atomic E-state index is -0.280. The fraction of sp³-hybridized carbons (Fsp3) is 0.167. The number of fused-ring (bicyclic) bond motifs is 1. The summed E-state index contributed by atoms with van der Waals surface area (Å²) in [5.41, 5.74) is 2.53. The Balaban J connectivity index is 1.39. The van der Waals surface area contributed by atoms with Gasteiger partial charge in [0.15, 0.2) is 17.1 Å². The highest BCUT2D eigenvalue weighted by atomic mass is 16.5. The number of methoxy groups -OCH3 is 1. The summed E-state index contributed by atoms with van der Waals surface area (Å²) in [6.45, 7) is 2.38. The first-order valence-corrected chi connectivity index (χ1v) is 9.63. The van der Waals surface area contributed by atoms with Crippen LogP contribution in [0.4, 0.5) is 0 Å². The fourth-order valence-corrected chi connectivity index (χ4v) is 3.16. The molecule has 6 nitrogen and oxygen atoms in total. The second-order valence-corrected chi connectivity index (χ2v) is 6.90. The summed E-state index contributed by atoms with van der Waals surface area (Å²) in [5.74, 6) is 1.32. The molecule has 0 bridgehead atoms. The van der Waals surface area contributed by atoms with Gasteiger partial charge in [-0.3, -0.25) is 9.78 Å². The van der Waals surface area contributed by atoms with Gasteiger partial charge in [0, 0.05) is 23.3 Å². The highest BCUT2D eigenvalue weighted by Gasteiger charge is 2.17. The Bertz CT molecular complexity index is 1140. The number of carbonyl (C=O) groups excluding carboxylic acids is 1. The number of hydrogen-bond acceptors (Lipinski definition) is 5. The lowest BCUT2D eigenvalue weighted by Crippen LogP contribution is -2.26. The van der Waals surface area contributed by atoms with Gasteiger partial charge in [-0.15, -0.1) is 0 Å². The van der Waals surface area contributed by atoms with Crippen LogP contribution in [0.25, 0.3) is 11.0 Å². The van der Waals surface area contributed by atoms with Gasteiger partial charge in [0.1, 0.15) is 12.4 Å². The molecule has 6 heteroatoms. The third-order valence-corrected chi connectivity index (χ3v) is 4.81. The Labute approximate surface area is 174 Å². The maximum absolute atomic E-state index is 12.6. The number of amides is 1. The first-order valence-electron chi connectivity index (χ1n) is 9.63. The van der Waals surface area contributed by atoms with Crippen LogP contribution in [0.15, 0.2) is 77.5 Å². The number of carbonyl (C=O) groups is 1. The van der Waals surface area contributed by atoms with Crippen molar-refractivity contribution in [2.45, 2.75) is 19.6 Å². The van der Waals surface area contributed by atoms with Gasteiger partial charge in [-0.25, -0.2) is 0 Å². The van der Waals surface area contributed by atoms with Crippen molar-refractivity contribution in [3.63, 3.8) is 0 Å². The van der Waals surface area contributed by atoms with Crippen molar-refractivity contribution in [1.29, 1.82) is 0 Å². The molecule has 2 aromatic heterocycles. The van der Waals surface area contributed by atoms with Crippen LogP contribution in [0.1, 0.15) is 34.6 Å². The average Bonchev–Trinajstić information content (AvgIpc) is 3.23. The summed E-state index contributed by atoms with van der Waals surface area (Å²) in [6.07, 6.45) is 3.51. The van der Waals surface area contributed by atoms with Crippen molar-refractivity contribution >= 4 is 16.9 Å². The number of nitrogens with zero attached hydrogens (tertiary/aromatic N) is 1. The van der Waals surface area contributed by atoms with E-state index in [0.717, 1.165) is 22.3 Å². The fourth-order valence-electron chi connectivity index (χ4n) is 3.16. The quantitative estimate of drug-likeness (QED) is 0.476. The molecule has 1 unspecified atom stereocenters. The number of pyridine rings is 1. The lowest BCUT2D eigenvalue weighted by Gasteiger charge is -2.14. The van der Waals surface area contributed by atoms with Crippen molar-refractivity contribution in [3.8, 4) is 11.5 Å². The molecule has 1 N–H and O–H groups in total. The van der Waals surface area contributed by atoms with Crippen LogP contribution < -0.4 is 14.8 Å². The number of para-hydroxylation sites is 1. The normalized spacial score (nSPS) is 11.8. The molecule has 2 heterocycles. The molecule has 0 spiro atoms. The third-order valence-electron chi connectivity index (χ3n) is 4.81. The summed E-state index contributed by atoms with van der Waals surface area (Å²) in [4.78, 5) is 16.7. The standard InChI is InChI=1S/C24H22N2O4/c1-16(18-8-10-20(11-9-18)29-15-17-5-4-12-25-14-17)26-24(27)22-13-19-6-3-7-21(28-2)23(19)30-22/h3-14,16H,15H2,1-2H3,(H,26,27). The van der Waals surface area contributed by atoms with E-state index in [1.807, 2.05) is 55.5 Å². The summed E-state index contributed by atoms with van der Waals surface area (Å²) < 4.78 is 16.8. The Morgan fingerprint density at radius 2 is 1.97 bits per heavy atom. The minimum absolute atomic E-state index is 0.194. The molecule has 4 rings (SSSR count). The zero-order valence-electron chi connectivity index (χ0n) is 16.8. The van der Waals surface area contributed by atoms with E-state index in [2.05, 4.69) is 10.3 Å². The summed E-state index contributed by atoms with van der Waals surface area (Å²) in [5, 5.41) is 3.79. The monoisotopic (exact) mass is 402 g/mol. The molecule has 0 saturated carbocycles. The maximum atomic E-state index is 12.6. The Hall–Kier alpha value is -3.80. The Kier molecular flexibility index (Phi) is 5.66. The highest BCUT2D eigenvalue weighted by molar-refractivity contribution is 5.97. The number of rotatable bonds is 7. The van der Waals surface area contributed by atoms with Crippen LogP contribution in [-0.2, 0) is 6.61 Å². The molecule has 0 aliphatic carbocycles. The molecule has 0 saturated heterocycles. The van der Waals surface area contributed by atoms with Gasteiger partial charge in [0.05, 0.1) is 13.2 Å². The van der Waals surface area contributed by atoms with E-state index in [-0.39, 0.29) is 17.7 Å². The first kappa shape index (κ1) is 19.5. The number of benzene rings is 2. The number of ether oxygens (including phenoxy) is 2. The number of hydrogen-bond donors (Lipinski definition) is 1. The van der Waals surface area contributed by atoms with E-state index < -0.39 is 0 Å². The molecule has 4 aromatic rings. The van der Waals surface area contributed by atoms with E-state index in [4.69, 9.17) is 13.9 Å². The Morgan fingerprint density at radius 1 is 1.13 bits per heavy atom. The maximum Gasteiger partial charge on any atom is 0.287 e.